The SMILES string of the molecule is CCc1noc(N2CCC([C@H](C)Oc3cnc(N4CC(N)[C@@H](c5cc(F)ccc5F)C4)nc3NC)CC2)n1. The third kappa shape index (κ3) is 5.35. The highest BCUT2D eigenvalue weighted by Crippen LogP contribution is 2.34. The largest absolute Gasteiger partial charge is 0.485 e. The van der Waals surface area contributed by atoms with Crippen molar-refractivity contribution in [1.29, 1.82) is 0 Å². The standard InChI is InChI=1S/C26H34F2N8O2/c1-4-23-32-26(38-34-23)35-9-7-16(8-10-35)15(2)37-22-12-31-25(33-24(22)30-3)36-13-19(21(29)14-36)18-11-17(27)5-6-20(18)28/h5-6,11-12,15-16,19,21H,4,7-10,13-14,29H2,1-3H3,(H,30,31,33)/t15-,19+,21?/m0/s1. The zero-order valence-electron chi connectivity index (χ0n) is 21.9. The van der Waals surface area contributed by atoms with Crippen molar-refractivity contribution >= 4 is 17.8 Å². The summed E-state index contributed by atoms with van der Waals surface area (Å²) in [5, 5.41) is 7.09. The van der Waals surface area contributed by atoms with Crippen molar-refractivity contribution in [2.45, 2.75) is 51.2 Å². The number of nitrogens with two attached hydrogens (primary N) is 1. The van der Waals surface area contributed by atoms with E-state index in [4.69, 9.17) is 15.0 Å². The van der Waals surface area contributed by atoms with Gasteiger partial charge in [0.05, 0.1) is 12.3 Å². The van der Waals surface area contributed by atoms with E-state index in [1.807, 2.05) is 11.8 Å². The lowest BCUT2D eigenvalue weighted by molar-refractivity contribution is 0.132. The van der Waals surface area contributed by atoms with Gasteiger partial charge in [-0.1, -0.05) is 12.1 Å². The second-order valence-electron chi connectivity index (χ2n) is 9.97. The summed E-state index contributed by atoms with van der Waals surface area (Å²) < 4.78 is 39.8. The Morgan fingerprint density at radius 2 is 1.97 bits per heavy atom. The molecule has 4 heterocycles. The van der Waals surface area contributed by atoms with Crippen LogP contribution in [0.1, 0.15) is 44.0 Å². The quantitative estimate of drug-likeness (QED) is 0.451. The lowest BCUT2D eigenvalue weighted by atomic mass is 9.92. The van der Waals surface area contributed by atoms with Crippen molar-refractivity contribution < 1.29 is 18.0 Å². The Morgan fingerprint density at radius 3 is 2.68 bits per heavy atom. The second-order valence-corrected chi connectivity index (χ2v) is 9.97. The molecule has 2 aliphatic heterocycles. The van der Waals surface area contributed by atoms with Crippen LogP contribution < -0.4 is 25.6 Å². The third-order valence-corrected chi connectivity index (χ3v) is 7.55. The van der Waals surface area contributed by atoms with Crippen LogP contribution in [0.5, 0.6) is 5.75 Å². The molecule has 0 spiro atoms. The molecule has 2 aliphatic rings. The molecule has 0 aliphatic carbocycles. The maximum atomic E-state index is 14.4. The summed E-state index contributed by atoms with van der Waals surface area (Å²) in [6, 6.07) is 3.67. The molecule has 3 atom stereocenters. The van der Waals surface area contributed by atoms with Gasteiger partial charge in [0.25, 0.3) is 0 Å². The first-order valence-electron chi connectivity index (χ1n) is 13.1. The first-order chi connectivity index (χ1) is 18.4. The molecule has 3 aromatic rings. The zero-order chi connectivity index (χ0) is 26.8. The number of benzene rings is 1. The number of nitrogens with zero attached hydrogens (tertiary/aromatic N) is 6. The number of anilines is 3. The molecule has 3 N–H and O–H groups in total. The van der Waals surface area contributed by atoms with E-state index in [1.54, 1.807) is 13.2 Å². The lowest BCUT2D eigenvalue weighted by Gasteiger charge is -2.33. The van der Waals surface area contributed by atoms with Gasteiger partial charge in [0.15, 0.2) is 17.4 Å². The van der Waals surface area contributed by atoms with E-state index in [0.717, 1.165) is 50.3 Å². The number of halogens is 2. The average molecular weight is 529 g/mol. The molecular weight excluding hydrogens is 494 g/mol. The summed E-state index contributed by atoms with van der Waals surface area (Å²) in [5.41, 5.74) is 6.59. The fraction of sp³-hybridized carbons (Fsp3) is 0.538. The number of aromatic nitrogens is 4. The number of piperidine rings is 1. The van der Waals surface area contributed by atoms with E-state index in [-0.39, 0.29) is 23.6 Å². The zero-order valence-corrected chi connectivity index (χ0v) is 21.9. The van der Waals surface area contributed by atoms with Gasteiger partial charge in [-0.25, -0.2) is 13.8 Å². The van der Waals surface area contributed by atoms with Crippen molar-refractivity contribution in [1.82, 2.24) is 20.1 Å². The van der Waals surface area contributed by atoms with E-state index in [1.165, 1.54) is 6.07 Å². The Bertz CT molecular complexity index is 1250. The van der Waals surface area contributed by atoms with Gasteiger partial charge in [-0.05, 0) is 49.4 Å². The Balaban J connectivity index is 1.22. The Morgan fingerprint density at radius 1 is 1.18 bits per heavy atom. The van der Waals surface area contributed by atoms with Gasteiger partial charge < -0.3 is 30.1 Å². The predicted molar refractivity (Wildman–Crippen MR) is 140 cm³/mol. The van der Waals surface area contributed by atoms with E-state index in [9.17, 15) is 8.78 Å². The molecule has 12 heteroatoms. The molecule has 1 aromatic carbocycles. The van der Waals surface area contributed by atoms with Crippen LogP contribution >= 0.6 is 0 Å². The fourth-order valence-corrected chi connectivity index (χ4v) is 5.27. The van der Waals surface area contributed by atoms with Crippen LogP contribution in [-0.4, -0.2) is 65.5 Å². The molecule has 1 unspecified atom stereocenters. The highest BCUT2D eigenvalue weighted by Gasteiger charge is 2.35. The molecule has 0 bridgehead atoms. The van der Waals surface area contributed by atoms with E-state index in [0.29, 0.717) is 42.5 Å². The Hall–Kier alpha value is -3.54. The third-order valence-electron chi connectivity index (χ3n) is 7.55. The number of rotatable bonds is 8. The number of hydrogen-bond acceptors (Lipinski definition) is 10. The summed E-state index contributed by atoms with van der Waals surface area (Å²) in [6.45, 7) is 6.52. The minimum absolute atomic E-state index is 0.0480. The molecular formula is C26H34F2N8O2. The van der Waals surface area contributed by atoms with Crippen LogP contribution in [0.4, 0.5) is 26.6 Å². The molecule has 0 amide bonds. The molecule has 0 saturated carbocycles. The van der Waals surface area contributed by atoms with Crippen LogP contribution in [0.25, 0.3) is 0 Å². The molecule has 204 valence electrons. The van der Waals surface area contributed by atoms with Gasteiger partial charge >= 0.3 is 6.01 Å². The monoisotopic (exact) mass is 528 g/mol. The maximum absolute atomic E-state index is 14.4. The number of nitrogens with one attached hydrogen (secondary N) is 1. The summed E-state index contributed by atoms with van der Waals surface area (Å²) in [7, 11) is 1.78. The predicted octanol–water partition coefficient (Wildman–Crippen LogP) is 3.36. The normalized spacial score (nSPS) is 21.1. The topological polar surface area (TPSA) is 118 Å². The van der Waals surface area contributed by atoms with Crippen molar-refractivity contribution in [3.8, 4) is 5.75 Å². The van der Waals surface area contributed by atoms with Crippen LogP contribution in [0, 0.1) is 17.6 Å². The summed E-state index contributed by atoms with van der Waals surface area (Å²) in [6.07, 6.45) is 4.22. The summed E-state index contributed by atoms with van der Waals surface area (Å²) >= 11 is 0. The minimum atomic E-state index is -0.484. The molecule has 2 fully saturated rings. The minimum Gasteiger partial charge on any atom is -0.485 e. The van der Waals surface area contributed by atoms with E-state index in [2.05, 4.69) is 37.2 Å². The van der Waals surface area contributed by atoms with Crippen LogP contribution in [0.15, 0.2) is 28.9 Å². The molecule has 2 aromatic heterocycles. The number of hydrogen-bond donors (Lipinski definition) is 2. The van der Waals surface area contributed by atoms with Crippen molar-refractivity contribution in [3.63, 3.8) is 0 Å². The molecule has 38 heavy (non-hydrogen) atoms. The molecule has 2 saturated heterocycles. The van der Waals surface area contributed by atoms with Gasteiger partial charge in [-0.15, -0.1) is 0 Å². The second kappa shape index (κ2) is 11.1. The first kappa shape index (κ1) is 26.1. The average Bonchev–Trinajstić information content (AvgIpc) is 3.57. The van der Waals surface area contributed by atoms with Gasteiger partial charge in [0, 0.05) is 51.6 Å². The van der Waals surface area contributed by atoms with Crippen LogP contribution in [0.3, 0.4) is 0 Å². The van der Waals surface area contributed by atoms with Gasteiger partial charge in [0.1, 0.15) is 11.6 Å². The lowest BCUT2D eigenvalue weighted by Crippen LogP contribution is -2.39. The summed E-state index contributed by atoms with van der Waals surface area (Å²) in [5.74, 6) is 1.34. The first-order valence-corrected chi connectivity index (χ1v) is 13.1. The maximum Gasteiger partial charge on any atom is 0.324 e. The van der Waals surface area contributed by atoms with Crippen molar-refractivity contribution in [3.05, 3.63) is 47.4 Å². The van der Waals surface area contributed by atoms with E-state index >= 15 is 0 Å². The van der Waals surface area contributed by atoms with Crippen molar-refractivity contribution in [2.75, 3.05) is 48.3 Å². The highest BCUT2D eigenvalue weighted by atomic mass is 19.1. The molecule has 5 rings (SSSR count). The Labute approximate surface area is 220 Å². The van der Waals surface area contributed by atoms with E-state index < -0.39 is 11.6 Å². The van der Waals surface area contributed by atoms with Gasteiger partial charge in [0.2, 0.25) is 5.95 Å². The van der Waals surface area contributed by atoms with Crippen LogP contribution in [0.2, 0.25) is 0 Å². The summed E-state index contributed by atoms with van der Waals surface area (Å²) in [4.78, 5) is 17.6. The van der Waals surface area contributed by atoms with Crippen molar-refractivity contribution in [2.24, 2.45) is 11.7 Å². The number of ether oxygens (including phenoxy) is 1. The van der Waals surface area contributed by atoms with Gasteiger partial charge in [-0.3, -0.25) is 0 Å². The van der Waals surface area contributed by atoms with Gasteiger partial charge in [-0.2, -0.15) is 9.97 Å². The Kier molecular flexibility index (Phi) is 7.59. The smallest absolute Gasteiger partial charge is 0.324 e. The number of aryl methyl sites for hydroxylation is 1. The fourth-order valence-electron chi connectivity index (χ4n) is 5.27. The molecule has 0 radical (unpaired) electrons. The highest BCUT2D eigenvalue weighted by molar-refractivity contribution is 5.53. The molecule has 10 nitrogen and oxygen atoms in total. The van der Waals surface area contributed by atoms with Crippen LogP contribution in [-0.2, 0) is 6.42 Å².